The van der Waals surface area contributed by atoms with Gasteiger partial charge in [-0.1, -0.05) is 32.4 Å². The zero-order valence-corrected chi connectivity index (χ0v) is 14.4. The maximum atomic E-state index is 12.7. The van der Waals surface area contributed by atoms with Crippen LogP contribution < -0.4 is 0 Å². The second-order valence-electron chi connectivity index (χ2n) is 8.17. The molecule has 6 nitrogen and oxygen atoms in total. The van der Waals surface area contributed by atoms with Gasteiger partial charge >= 0.3 is 0 Å². The number of likely N-dealkylation sites (tertiary alicyclic amines) is 1. The fourth-order valence-corrected chi connectivity index (χ4v) is 3.83. The Kier molecular flexibility index (Phi) is 4.45. The van der Waals surface area contributed by atoms with Crippen LogP contribution in [0.4, 0.5) is 0 Å². The van der Waals surface area contributed by atoms with Crippen LogP contribution in [0.15, 0.2) is 6.20 Å². The summed E-state index contributed by atoms with van der Waals surface area (Å²) >= 11 is 0. The molecule has 1 aromatic heterocycles. The van der Waals surface area contributed by atoms with E-state index in [1.807, 2.05) is 4.90 Å². The number of carbonyl (C=O) groups excluding carboxylic acids is 1. The van der Waals surface area contributed by atoms with E-state index in [-0.39, 0.29) is 24.0 Å². The molecule has 1 N–H and O–H groups in total. The number of hydrogen-bond acceptors (Lipinski definition) is 4. The third-order valence-electron chi connectivity index (χ3n) is 5.52. The molecule has 2 aliphatic rings. The molecule has 2 atom stereocenters. The lowest BCUT2D eigenvalue weighted by molar-refractivity contribution is -0.143. The highest BCUT2D eigenvalue weighted by Gasteiger charge is 2.39. The van der Waals surface area contributed by atoms with Crippen molar-refractivity contribution in [3.63, 3.8) is 0 Å². The molecule has 1 amide bonds. The van der Waals surface area contributed by atoms with Crippen molar-refractivity contribution in [2.75, 3.05) is 13.1 Å². The standard InChI is InChI=1S/C17H28N4O2/c1-17(2,3)13-6-4-5-12(7-13)16(23)20-9-15(10-20)21-8-14(11-22)18-19-21/h8,12-13,15,22H,4-7,9-11H2,1-3H3/t12-,13+/m0/s1. The molecule has 128 valence electrons. The predicted octanol–water partition coefficient (Wildman–Crippen LogP) is 2.01. The van der Waals surface area contributed by atoms with Crippen molar-refractivity contribution in [1.82, 2.24) is 19.9 Å². The first-order chi connectivity index (χ1) is 10.9. The summed E-state index contributed by atoms with van der Waals surface area (Å²) in [5.41, 5.74) is 0.868. The van der Waals surface area contributed by atoms with Crippen LogP contribution >= 0.6 is 0 Å². The van der Waals surface area contributed by atoms with E-state index < -0.39 is 0 Å². The van der Waals surface area contributed by atoms with E-state index in [2.05, 4.69) is 31.1 Å². The van der Waals surface area contributed by atoms with E-state index in [1.165, 1.54) is 12.8 Å². The highest BCUT2D eigenvalue weighted by Crippen LogP contribution is 2.41. The SMILES string of the molecule is CC(C)(C)[C@@H]1CCC[C@H](C(=O)N2CC(n3cc(CO)nn3)C2)C1. The fraction of sp³-hybridized carbons (Fsp3) is 0.824. The van der Waals surface area contributed by atoms with Gasteiger partial charge in [0.15, 0.2) is 0 Å². The van der Waals surface area contributed by atoms with Crippen LogP contribution in [0.5, 0.6) is 0 Å². The molecule has 2 fully saturated rings. The fourth-order valence-electron chi connectivity index (χ4n) is 3.83. The summed E-state index contributed by atoms with van der Waals surface area (Å²) < 4.78 is 1.77. The number of aliphatic hydroxyl groups is 1. The zero-order chi connectivity index (χ0) is 16.6. The average molecular weight is 320 g/mol. The summed E-state index contributed by atoms with van der Waals surface area (Å²) in [5.74, 6) is 1.15. The molecule has 1 aliphatic heterocycles. The molecule has 0 spiro atoms. The van der Waals surface area contributed by atoms with Gasteiger partial charge in [-0.3, -0.25) is 4.79 Å². The van der Waals surface area contributed by atoms with Gasteiger partial charge in [-0.2, -0.15) is 0 Å². The van der Waals surface area contributed by atoms with Crippen LogP contribution in [0.25, 0.3) is 0 Å². The Morgan fingerprint density at radius 2 is 2.09 bits per heavy atom. The molecule has 2 heterocycles. The summed E-state index contributed by atoms with van der Waals surface area (Å²) in [6, 6.07) is 0.203. The van der Waals surface area contributed by atoms with Gasteiger partial charge in [0.05, 0.1) is 18.8 Å². The van der Waals surface area contributed by atoms with Gasteiger partial charge in [0.2, 0.25) is 5.91 Å². The van der Waals surface area contributed by atoms with Crippen LogP contribution in [0.1, 0.15) is 58.2 Å². The minimum absolute atomic E-state index is 0.0916. The number of aliphatic hydroxyl groups excluding tert-OH is 1. The Hall–Kier alpha value is -1.43. The quantitative estimate of drug-likeness (QED) is 0.925. The van der Waals surface area contributed by atoms with Gasteiger partial charge in [-0.05, 0) is 30.6 Å². The Morgan fingerprint density at radius 3 is 2.70 bits per heavy atom. The summed E-state index contributed by atoms with van der Waals surface area (Å²) in [6.07, 6.45) is 6.24. The van der Waals surface area contributed by atoms with Crippen LogP contribution in [0, 0.1) is 17.3 Å². The number of carbonyl (C=O) groups is 1. The first-order valence-electron chi connectivity index (χ1n) is 8.69. The number of amides is 1. The van der Waals surface area contributed by atoms with E-state index in [9.17, 15) is 4.79 Å². The maximum absolute atomic E-state index is 12.7. The molecule has 1 saturated carbocycles. The molecule has 23 heavy (non-hydrogen) atoms. The Bertz CT molecular complexity index is 557. The van der Waals surface area contributed by atoms with Crippen LogP contribution in [0.3, 0.4) is 0 Å². The van der Waals surface area contributed by atoms with E-state index >= 15 is 0 Å². The lowest BCUT2D eigenvalue weighted by Gasteiger charge is -2.43. The largest absolute Gasteiger partial charge is 0.390 e. The lowest BCUT2D eigenvalue weighted by atomic mass is 9.69. The average Bonchev–Trinajstić information content (AvgIpc) is 2.93. The topological polar surface area (TPSA) is 71.2 Å². The second-order valence-corrected chi connectivity index (χ2v) is 8.17. The highest BCUT2D eigenvalue weighted by molar-refractivity contribution is 5.79. The van der Waals surface area contributed by atoms with Gasteiger partial charge in [0.25, 0.3) is 0 Å². The monoisotopic (exact) mass is 320 g/mol. The Balaban J connectivity index is 1.54. The molecule has 6 heteroatoms. The summed E-state index contributed by atoms with van der Waals surface area (Å²) in [5, 5.41) is 17.0. The third kappa shape index (κ3) is 3.42. The first-order valence-corrected chi connectivity index (χ1v) is 8.69. The number of nitrogens with zero attached hydrogens (tertiary/aromatic N) is 4. The Labute approximate surface area is 137 Å². The normalized spacial score (nSPS) is 26.2. The second kappa shape index (κ2) is 6.23. The van der Waals surface area contributed by atoms with Gasteiger partial charge < -0.3 is 10.0 Å². The summed E-state index contributed by atoms with van der Waals surface area (Å²) in [7, 11) is 0. The van der Waals surface area contributed by atoms with Crippen molar-refractivity contribution in [2.24, 2.45) is 17.3 Å². The van der Waals surface area contributed by atoms with E-state index in [4.69, 9.17) is 5.11 Å². The zero-order valence-electron chi connectivity index (χ0n) is 14.4. The molecule has 1 aliphatic carbocycles. The van der Waals surface area contributed by atoms with E-state index in [1.54, 1.807) is 10.9 Å². The Morgan fingerprint density at radius 1 is 1.35 bits per heavy atom. The van der Waals surface area contributed by atoms with Gasteiger partial charge in [-0.25, -0.2) is 4.68 Å². The predicted molar refractivity (Wildman–Crippen MR) is 86.5 cm³/mol. The highest BCUT2D eigenvalue weighted by atomic mass is 16.3. The number of rotatable bonds is 3. The van der Waals surface area contributed by atoms with Gasteiger partial charge in [0, 0.05) is 19.0 Å². The van der Waals surface area contributed by atoms with E-state index in [0.29, 0.717) is 30.6 Å². The van der Waals surface area contributed by atoms with Crippen molar-refractivity contribution in [3.05, 3.63) is 11.9 Å². The lowest BCUT2D eigenvalue weighted by Crippen LogP contribution is -2.53. The molecule has 1 aromatic rings. The molecule has 0 radical (unpaired) electrons. The van der Waals surface area contributed by atoms with Crippen molar-refractivity contribution in [1.29, 1.82) is 0 Å². The van der Waals surface area contributed by atoms with Crippen LogP contribution in [-0.2, 0) is 11.4 Å². The van der Waals surface area contributed by atoms with Crippen molar-refractivity contribution in [2.45, 2.75) is 59.1 Å². The smallest absolute Gasteiger partial charge is 0.225 e. The van der Waals surface area contributed by atoms with Crippen molar-refractivity contribution in [3.8, 4) is 0 Å². The van der Waals surface area contributed by atoms with E-state index in [0.717, 1.165) is 12.8 Å². The minimum atomic E-state index is -0.0916. The number of aromatic nitrogens is 3. The van der Waals surface area contributed by atoms with Crippen LogP contribution in [0.2, 0.25) is 0 Å². The maximum Gasteiger partial charge on any atom is 0.225 e. The van der Waals surface area contributed by atoms with Crippen molar-refractivity contribution >= 4 is 5.91 Å². The minimum Gasteiger partial charge on any atom is -0.390 e. The number of hydrogen-bond donors (Lipinski definition) is 1. The molecule has 1 saturated heterocycles. The summed E-state index contributed by atoms with van der Waals surface area (Å²) in [6.45, 7) is 8.19. The molecule has 0 unspecified atom stereocenters. The third-order valence-corrected chi connectivity index (χ3v) is 5.52. The van der Waals surface area contributed by atoms with Gasteiger partial charge in [-0.15, -0.1) is 5.10 Å². The van der Waals surface area contributed by atoms with Gasteiger partial charge in [0.1, 0.15) is 5.69 Å². The first kappa shape index (κ1) is 16.4. The molecule has 0 aromatic carbocycles. The molecule has 0 bridgehead atoms. The van der Waals surface area contributed by atoms with Crippen LogP contribution in [-0.4, -0.2) is 44.0 Å². The molecular weight excluding hydrogens is 292 g/mol. The summed E-state index contributed by atoms with van der Waals surface area (Å²) in [4.78, 5) is 14.7. The molecule has 3 rings (SSSR count). The molecular formula is C17H28N4O2. The van der Waals surface area contributed by atoms with Crippen molar-refractivity contribution < 1.29 is 9.90 Å².